The van der Waals surface area contributed by atoms with Gasteiger partial charge < -0.3 is 9.36 Å². The van der Waals surface area contributed by atoms with E-state index in [0.717, 1.165) is 22.9 Å². The minimum atomic E-state index is 0.375. The molecule has 0 fully saturated rings. The predicted octanol–water partition coefficient (Wildman–Crippen LogP) is 1.54. The molecule has 0 saturated carbocycles. The lowest BCUT2D eigenvalue weighted by atomic mass is 10.2. The smallest absolute Gasteiger partial charge is 0.140 e. The van der Waals surface area contributed by atoms with Crippen molar-refractivity contribution < 1.29 is 4.79 Å². The minimum absolute atomic E-state index is 0.375. The summed E-state index contributed by atoms with van der Waals surface area (Å²) < 4.78 is 1.84. The number of hydrogen-bond acceptors (Lipinski definition) is 2. The van der Waals surface area contributed by atoms with Gasteiger partial charge in [-0.1, -0.05) is 0 Å². The summed E-state index contributed by atoms with van der Waals surface area (Å²) in [6, 6.07) is 4.03. The number of aromatic nitrogens is 2. The van der Waals surface area contributed by atoms with Crippen molar-refractivity contribution >= 4 is 17.3 Å². The summed E-state index contributed by atoms with van der Waals surface area (Å²) in [4.78, 5) is 14.6. The molecule has 0 radical (unpaired) electrons. The zero-order valence-electron chi connectivity index (χ0n) is 7.40. The van der Waals surface area contributed by atoms with Gasteiger partial charge in [-0.2, -0.15) is 0 Å². The van der Waals surface area contributed by atoms with Crippen LogP contribution in [0.1, 0.15) is 5.56 Å². The zero-order valence-corrected chi connectivity index (χ0v) is 7.40. The van der Waals surface area contributed by atoms with Crippen molar-refractivity contribution in [3.8, 4) is 0 Å². The number of carbonyl (C=O) groups excluding carboxylic acids is 1. The van der Waals surface area contributed by atoms with Gasteiger partial charge in [-0.05, 0) is 24.6 Å². The highest BCUT2D eigenvalue weighted by Gasteiger charge is 2.00. The van der Waals surface area contributed by atoms with Gasteiger partial charge in [0.15, 0.2) is 0 Å². The quantitative estimate of drug-likeness (QED) is 0.647. The van der Waals surface area contributed by atoms with E-state index in [1.165, 1.54) is 0 Å². The van der Waals surface area contributed by atoms with Crippen LogP contribution in [0.2, 0.25) is 0 Å². The highest BCUT2D eigenvalue weighted by molar-refractivity contribution is 5.77. The second kappa shape index (κ2) is 3.01. The first-order chi connectivity index (χ1) is 6.31. The van der Waals surface area contributed by atoms with Crippen molar-refractivity contribution in [1.82, 2.24) is 9.55 Å². The van der Waals surface area contributed by atoms with Crippen molar-refractivity contribution in [3.05, 3.63) is 30.1 Å². The van der Waals surface area contributed by atoms with Crippen molar-refractivity contribution in [2.45, 2.75) is 13.5 Å². The van der Waals surface area contributed by atoms with Gasteiger partial charge in [0, 0.05) is 17.8 Å². The molecule has 0 aliphatic heterocycles. The Kier molecular flexibility index (Phi) is 1.85. The second-order valence-corrected chi connectivity index (χ2v) is 3.06. The van der Waals surface area contributed by atoms with Gasteiger partial charge in [-0.25, -0.2) is 4.98 Å². The summed E-state index contributed by atoms with van der Waals surface area (Å²) in [6.07, 6.45) is 4.57. The Balaban J connectivity index is 2.61. The molecule has 0 aromatic carbocycles. The molecule has 2 heterocycles. The number of fused-ring (bicyclic) bond motifs is 1. The normalized spacial score (nSPS) is 10.5. The number of hydrogen-bond donors (Lipinski definition) is 0. The van der Waals surface area contributed by atoms with Crippen LogP contribution < -0.4 is 0 Å². The van der Waals surface area contributed by atoms with Crippen LogP contribution in [0.4, 0.5) is 0 Å². The van der Waals surface area contributed by atoms with Crippen LogP contribution >= 0.6 is 0 Å². The number of nitrogens with zero attached hydrogens (tertiary/aromatic N) is 2. The van der Waals surface area contributed by atoms with Gasteiger partial charge in [0.05, 0.1) is 6.54 Å². The van der Waals surface area contributed by atoms with Gasteiger partial charge in [-0.3, -0.25) is 0 Å². The van der Waals surface area contributed by atoms with Crippen LogP contribution in [-0.2, 0) is 11.3 Å². The van der Waals surface area contributed by atoms with E-state index in [1.807, 2.05) is 30.0 Å². The summed E-state index contributed by atoms with van der Waals surface area (Å²) in [7, 11) is 0. The fraction of sp³-hybridized carbons (Fsp3) is 0.200. The average Bonchev–Trinajstić information content (AvgIpc) is 2.49. The summed E-state index contributed by atoms with van der Waals surface area (Å²) >= 11 is 0. The van der Waals surface area contributed by atoms with E-state index >= 15 is 0 Å². The van der Waals surface area contributed by atoms with Gasteiger partial charge in [-0.15, -0.1) is 0 Å². The maximum atomic E-state index is 10.3. The van der Waals surface area contributed by atoms with Gasteiger partial charge in [0.1, 0.15) is 11.9 Å². The monoisotopic (exact) mass is 174 g/mol. The van der Waals surface area contributed by atoms with Crippen LogP contribution in [-0.4, -0.2) is 15.8 Å². The molecular weight excluding hydrogens is 164 g/mol. The fourth-order valence-corrected chi connectivity index (χ4v) is 1.42. The van der Waals surface area contributed by atoms with Crippen LogP contribution in [0.15, 0.2) is 24.5 Å². The predicted molar refractivity (Wildman–Crippen MR) is 50.5 cm³/mol. The molecule has 3 heteroatoms. The summed E-state index contributed by atoms with van der Waals surface area (Å²) in [6.45, 7) is 2.38. The molecule has 2 rings (SSSR count). The van der Waals surface area contributed by atoms with Crippen molar-refractivity contribution in [1.29, 1.82) is 0 Å². The number of carbonyl (C=O) groups is 1. The van der Waals surface area contributed by atoms with Crippen molar-refractivity contribution in [2.75, 3.05) is 0 Å². The molecule has 0 atom stereocenters. The summed E-state index contributed by atoms with van der Waals surface area (Å²) in [5, 5.41) is 1.09. The lowest BCUT2D eigenvalue weighted by molar-refractivity contribution is -0.108. The molecule has 13 heavy (non-hydrogen) atoms. The first-order valence-corrected chi connectivity index (χ1v) is 4.16. The van der Waals surface area contributed by atoms with E-state index in [0.29, 0.717) is 6.54 Å². The largest absolute Gasteiger partial charge is 0.325 e. The van der Waals surface area contributed by atoms with Crippen LogP contribution in [0, 0.1) is 6.92 Å². The Hall–Kier alpha value is -1.64. The molecule has 66 valence electrons. The van der Waals surface area contributed by atoms with E-state index in [2.05, 4.69) is 11.1 Å². The molecule has 2 aromatic rings. The molecule has 0 bridgehead atoms. The molecule has 0 spiro atoms. The summed E-state index contributed by atoms with van der Waals surface area (Å²) in [5.74, 6) is 0. The number of aldehydes is 1. The van der Waals surface area contributed by atoms with E-state index < -0.39 is 0 Å². The first kappa shape index (κ1) is 7.98. The SMILES string of the molecule is Cc1cnc2c(ccn2CC=O)c1. The van der Waals surface area contributed by atoms with Gasteiger partial charge in [0.25, 0.3) is 0 Å². The van der Waals surface area contributed by atoms with Gasteiger partial charge in [0.2, 0.25) is 0 Å². The standard InChI is InChI=1S/C10H10N2O/c1-8-6-9-2-3-12(4-5-13)10(9)11-7-8/h2-3,5-7H,4H2,1H3. The van der Waals surface area contributed by atoms with E-state index in [-0.39, 0.29) is 0 Å². The Morgan fingerprint density at radius 2 is 2.46 bits per heavy atom. The van der Waals surface area contributed by atoms with Crippen molar-refractivity contribution in [3.63, 3.8) is 0 Å². The van der Waals surface area contributed by atoms with E-state index in [1.54, 1.807) is 0 Å². The third-order valence-electron chi connectivity index (χ3n) is 2.01. The third kappa shape index (κ3) is 1.33. The highest BCUT2D eigenvalue weighted by Crippen LogP contribution is 2.13. The molecule has 0 amide bonds. The van der Waals surface area contributed by atoms with Gasteiger partial charge >= 0.3 is 0 Å². The lowest BCUT2D eigenvalue weighted by Gasteiger charge is -1.98. The third-order valence-corrected chi connectivity index (χ3v) is 2.01. The highest BCUT2D eigenvalue weighted by atomic mass is 16.1. The number of pyridine rings is 1. The Morgan fingerprint density at radius 3 is 3.23 bits per heavy atom. The fourth-order valence-electron chi connectivity index (χ4n) is 1.42. The maximum absolute atomic E-state index is 10.3. The van der Waals surface area contributed by atoms with Crippen LogP contribution in [0.25, 0.3) is 11.0 Å². The molecule has 3 nitrogen and oxygen atoms in total. The van der Waals surface area contributed by atoms with Crippen LogP contribution in [0.5, 0.6) is 0 Å². The maximum Gasteiger partial charge on any atom is 0.140 e. The molecule has 0 N–H and O–H groups in total. The first-order valence-electron chi connectivity index (χ1n) is 4.16. The van der Waals surface area contributed by atoms with E-state index in [9.17, 15) is 4.79 Å². The molecule has 0 aliphatic rings. The lowest BCUT2D eigenvalue weighted by Crippen LogP contribution is -1.97. The molecule has 0 aliphatic carbocycles. The topological polar surface area (TPSA) is 34.9 Å². The molecular formula is C10H10N2O. The molecule has 0 unspecified atom stereocenters. The number of aryl methyl sites for hydroxylation is 1. The Bertz CT molecular complexity index is 445. The Morgan fingerprint density at radius 1 is 1.62 bits per heavy atom. The summed E-state index contributed by atoms with van der Waals surface area (Å²) in [5.41, 5.74) is 2.01. The molecule has 0 saturated heterocycles. The zero-order chi connectivity index (χ0) is 9.26. The molecule has 2 aromatic heterocycles. The number of rotatable bonds is 2. The Labute approximate surface area is 76.0 Å². The average molecular weight is 174 g/mol. The second-order valence-electron chi connectivity index (χ2n) is 3.06. The van der Waals surface area contributed by atoms with Crippen molar-refractivity contribution in [2.24, 2.45) is 0 Å². The minimum Gasteiger partial charge on any atom is -0.325 e. The van der Waals surface area contributed by atoms with E-state index in [4.69, 9.17) is 0 Å². The van der Waals surface area contributed by atoms with Crippen LogP contribution in [0.3, 0.4) is 0 Å².